The normalized spacial score (nSPS) is 17.9. The lowest BCUT2D eigenvalue weighted by Crippen LogP contribution is -2.42. The zero-order chi connectivity index (χ0) is 28.3. The second kappa shape index (κ2) is 16.2. The Morgan fingerprint density at radius 1 is 0.725 bits per heavy atom. The molecule has 2 fully saturated rings. The lowest BCUT2D eigenvalue weighted by Gasteiger charge is -2.36. The molecule has 0 bridgehead atoms. The van der Waals surface area contributed by atoms with Gasteiger partial charge in [0.15, 0.2) is 0 Å². The maximum absolute atomic E-state index is 13.0. The minimum absolute atomic E-state index is 0. The highest BCUT2D eigenvalue weighted by Gasteiger charge is 2.43. The number of aliphatic carboxylic acids is 1. The Morgan fingerprint density at radius 3 is 1.52 bits per heavy atom. The summed E-state index contributed by atoms with van der Waals surface area (Å²) in [5.41, 5.74) is 1.05. The smallest absolute Gasteiger partial charge is 0.316 e. The van der Waals surface area contributed by atoms with E-state index in [-0.39, 0.29) is 18.4 Å². The number of nitrogens with zero attached hydrogens (tertiary/aromatic N) is 1. The minimum Gasteiger partial charge on any atom is -0.481 e. The van der Waals surface area contributed by atoms with Crippen molar-refractivity contribution < 1.29 is 19.4 Å². The number of rotatable bonds is 9. The first-order valence-electron chi connectivity index (χ1n) is 15.0. The van der Waals surface area contributed by atoms with Crippen molar-refractivity contribution in [3.63, 3.8) is 0 Å². The lowest BCUT2D eigenvalue weighted by atomic mass is 9.69. The number of benzene rings is 2. The van der Waals surface area contributed by atoms with Crippen molar-refractivity contribution in [1.29, 1.82) is 0 Å². The summed E-state index contributed by atoms with van der Waals surface area (Å²) in [6.07, 6.45) is 10.0. The highest BCUT2D eigenvalue weighted by atomic mass is 35.5. The highest BCUT2D eigenvalue weighted by molar-refractivity contribution is 5.85. The van der Waals surface area contributed by atoms with Gasteiger partial charge in [-0.25, -0.2) is 0 Å². The van der Waals surface area contributed by atoms with Gasteiger partial charge in [-0.1, -0.05) is 99.2 Å². The number of carboxylic acids is 1. The van der Waals surface area contributed by atoms with E-state index in [9.17, 15) is 14.7 Å². The molecule has 40 heavy (non-hydrogen) atoms. The van der Waals surface area contributed by atoms with Crippen LogP contribution in [0.5, 0.6) is 0 Å². The number of hydrogen-bond acceptors (Lipinski definition) is 4. The number of hydrogen-bond donors (Lipinski definition) is 1. The van der Waals surface area contributed by atoms with Crippen LogP contribution in [0.15, 0.2) is 60.7 Å². The van der Waals surface area contributed by atoms with Crippen molar-refractivity contribution in [2.45, 2.75) is 115 Å². The van der Waals surface area contributed by atoms with E-state index in [0.717, 1.165) is 69.0 Å². The van der Waals surface area contributed by atoms with Crippen molar-refractivity contribution in [2.75, 3.05) is 13.2 Å². The van der Waals surface area contributed by atoms with Crippen LogP contribution in [0.4, 0.5) is 0 Å². The van der Waals surface area contributed by atoms with Gasteiger partial charge in [0.2, 0.25) is 0 Å². The van der Waals surface area contributed by atoms with E-state index in [0.29, 0.717) is 18.7 Å². The molecule has 1 N–H and O–H groups in total. The molecule has 2 saturated carbocycles. The molecule has 222 valence electrons. The van der Waals surface area contributed by atoms with Crippen LogP contribution in [-0.4, -0.2) is 47.2 Å². The Kier molecular flexibility index (Phi) is 13.7. The molecule has 0 heterocycles. The van der Waals surface area contributed by atoms with Gasteiger partial charge in [-0.05, 0) is 64.5 Å². The average molecular weight is 572 g/mol. The predicted molar refractivity (Wildman–Crippen MR) is 165 cm³/mol. The molecule has 2 aliphatic rings. The molecule has 0 atom stereocenters. The van der Waals surface area contributed by atoms with Gasteiger partial charge in [-0.3, -0.25) is 14.5 Å². The van der Waals surface area contributed by atoms with Gasteiger partial charge in [0.05, 0.1) is 10.8 Å². The van der Waals surface area contributed by atoms with Gasteiger partial charge in [-0.2, -0.15) is 0 Å². The summed E-state index contributed by atoms with van der Waals surface area (Å²) in [4.78, 5) is 26.8. The summed E-state index contributed by atoms with van der Waals surface area (Å²) in [5.74, 6) is -0.686. The summed E-state index contributed by atoms with van der Waals surface area (Å²) in [6.45, 7) is 10.0. The number of carbonyl (C=O) groups is 2. The second-order valence-corrected chi connectivity index (χ2v) is 11.9. The molecule has 0 saturated heterocycles. The maximum atomic E-state index is 13.0. The zero-order valence-corrected chi connectivity index (χ0v) is 25.8. The monoisotopic (exact) mass is 571 g/mol. The van der Waals surface area contributed by atoms with Crippen LogP contribution in [0, 0.1) is 0 Å². The van der Waals surface area contributed by atoms with E-state index in [1.165, 1.54) is 12.8 Å². The predicted octanol–water partition coefficient (Wildman–Crippen LogP) is 7.95. The number of halogens is 1. The first kappa shape index (κ1) is 33.8. The van der Waals surface area contributed by atoms with Crippen molar-refractivity contribution in [3.05, 3.63) is 71.8 Å². The average Bonchev–Trinajstić information content (AvgIpc) is 2.96. The zero-order valence-electron chi connectivity index (χ0n) is 24.9. The van der Waals surface area contributed by atoms with E-state index in [4.69, 9.17) is 4.74 Å². The maximum Gasteiger partial charge on any atom is 0.316 e. The van der Waals surface area contributed by atoms with Crippen LogP contribution in [0.25, 0.3) is 0 Å². The molecule has 0 spiro atoms. The van der Waals surface area contributed by atoms with Crippen LogP contribution >= 0.6 is 12.4 Å². The first-order chi connectivity index (χ1) is 18.7. The second-order valence-electron chi connectivity index (χ2n) is 11.9. The Morgan fingerprint density at radius 2 is 1.12 bits per heavy atom. The molecule has 0 aliphatic heterocycles. The van der Waals surface area contributed by atoms with Crippen LogP contribution < -0.4 is 0 Å². The van der Waals surface area contributed by atoms with Crippen molar-refractivity contribution >= 4 is 24.3 Å². The standard InChI is InChI=1S/C21H33NO2.C13H16O2.ClH/c1-17(2)22(18(3)4)15-16-24-20(23)21(13-9-6-10-14-21)19-11-7-5-8-12-19;14-12(15)13(9-5-2-6-10-13)11-7-3-1-4-8-11;/h5,7-8,11-12,17-18H,6,9-10,13-16H2,1-4H3;1,3-4,7-8H,2,5-6,9-10H2,(H,14,15);1H. The number of carboxylic acid groups (broad SMARTS) is 1. The molecular formula is C34H50ClNO4. The highest BCUT2D eigenvalue weighted by Crippen LogP contribution is 2.41. The summed E-state index contributed by atoms with van der Waals surface area (Å²) in [6, 6.07) is 20.8. The fraction of sp³-hybridized carbons (Fsp3) is 0.588. The molecule has 0 radical (unpaired) electrons. The van der Waals surface area contributed by atoms with Gasteiger partial charge in [0, 0.05) is 18.6 Å². The summed E-state index contributed by atoms with van der Waals surface area (Å²) in [7, 11) is 0. The van der Waals surface area contributed by atoms with Crippen molar-refractivity contribution in [1.82, 2.24) is 4.90 Å². The third kappa shape index (κ3) is 8.33. The Hall–Kier alpha value is -2.37. The van der Waals surface area contributed by atoms with Crippen LogP contribution in [0.2, 0.25) is 0 Å². The van der Waals surface area contributed by atoms with Crippen molar-refractivity contribution in [3.8, 4) is 0 Å². The van der Waals surface area contributed by atoms with Gasteiger partial charge in [0.1, 0.15) is 6.61 Å². The molecular weight excluding hydrogens is 522 g/mol. The molecule has 4 rings (SSSR count). The van der Waals surface area contributed by atoms with E-state index in [1.807, 2.05) is 48.5 Å². The van der Waals surface area contributed by atoms with Crippen LogP contribution in [0.3, 0.4) is 0 Å². The summed E-state index contributed by atoms with van der Waals surface area (Å²) < 4.78 is 5.79. The van der Waals surface area contributed by atoms with Gasteiger partial charge in [0.25, 0.3) is 0 Å². The fourth-order valence-electron chi connectivity index (χ4n) is 6.56. The molecule has 2 aromatic carbocycles. The number of carbonyl (C=O) groups excluding carboxylic acids is 1. The lowest BCUT2D eigenvalue weighted by molar-refractivity contribution is -0.153. The topological polar surface area (TPSA) is 66.8 Å². The molecule has 0 aromatic heterocycles. The van der Waals surface area contributed by atoms with E-state index in [2.05, 4.69) is 44.7 Å². The molecule has 0 unspecified atom stereocenters. The SMILES string of the molecule is CC(C)N(CCOC(=O)C1(c2ccccc2)CCCCC1)C(C)C.Cl.O=C(O)C1(c2ccccc2)CCCCC1. The molecule has 6 heteroatoms. The van der Waals surface area contributed by atoms with E-state index >= 15 is 0 Å². The Labute approximate surface area is 248 Å². The third-order valence-electron chi connectivity index (χ3n) is 8.78. The molecule has 5 nitrogen and oxygen atoms in total. The molecule has 0 amide bonds. The van der Waals surface area contributed by atoms with Gasteiger partial charge in [-0.15, -0.1) is 12.4 Å². The van der Waals surface area contributed by atoms with Gasteiger partial charge < -0.3 is 9.84 Å². The first-order valence-corrected chi connectivity index (χ1v) is 15.0. The summed E-state index contributed by atoms with van der Waals surface area (Å²) >= 11 is 0. The third-order valence-corrected chi connectivity index (χ3v) is 8.78. The minimum atomic E-state index is -0.659. The molecule has 2 aliphatic carbocycles. The largest absolute Gasteiger partial charge is 0.481 e. The van der Waals surface area contributed by atoms with Crippen LogP contribution in [0.1, 0.15) is 103 Å². The quantitative estimate of drug-likeness (QED) is 0.309. The van der Waals surface area contributed by atoms with Crippen LogP contribution in [-0.2, 0) is 25.2 Å². The summed E-state index contributed by atoms with van der Waals surface area (Å²) in [5, 5.41) is 9.44. The van der Waals surface area contributed by atoms with E-state index in [1.54, 1.807) is 0 Å². The Balaban J connectivity index is 0.000000301. The van der Waals surface area contributed by atoms with Gasteiger partial charge >= 0.3 is 11.9 Å². The van der Waals surface area contributed by atoms with Crippen molar-refractivity contribution in [2.24, 2.45) is 0 Å². The fourth-order valence-corrected chi connectivity index (χ4v) is 6.56. The van der Waals surface area contributed by atoms with E-state index < -0.39 is 16.8 Å². The number of ether oxygens (including phenoxy) is 1. The molecule has 2 aromatic rings. The number of esters is 1. The Bertz CT molecular complexity index is 1000.